The highest BCUT2D eigenvalue weighted by Gasteiger charge is 2.33. The fourth-order valence-electron chi connectivity index (χ4n) is 4.54. The zero-order chi connectivity index (χ0) is 23.1. The van der Waals surface area contributed by atoms with Crippen molar-refractivity contribution < 1.29 is 4.79 Å². The van der Waals surface area contributed by atoms with Gasteiger partial charge in [0.2, 0.25) is 5.91 Å². The lowest BCUT2D eigenvalue weighted by molar-refractivity contribution is -0.130. The molecule has 0 aliphatic carbocycles. The lowest BCUT2D eigenvalue weighted by Gasteiger charge is -2.20. The molecule has 0 N–H and O–H groups in total. The number of halogens is 2. The summed E-state index contributed by atoms with van der Waals surface area (Å²) in [5.41, 5.74) is 6.70. The molecule has 0 bridgehead atoms. The highest BCUT2D eigenvalue weighted by atomic mass is 79.9. The summed E-state index contributed by atoms with van der Waals surface area (Å²) >= 11 is 9.95. The fraction of sp³-hybridized carbons (Fsp3) is 0.148. The number of amides is 1. The zero-order valence-electron chi connectivity index (χ0n) is 18.2. The Morgan fingerprint density at radius 3 is 2.55 bits per heavy atom. The number of hydrogen-bond donors (Lipinski definition) is 0. The molecule has 33 heavy (non-hydrogen) atoms. The van der Waals surface area contributed by atoms with E-state index in [1.165, 1.54) is 0 Å². The first-order chi connectivity index (χ1) is 15.9. The van der Waals surface area contributed by atoms with E-state index in [1.54, 1.807) is 11.9 Å². The van der Waals surface area contributed by atoms with Gasteiger partial charge in [-0.3, -0.25) is 9.78 Å². The molecule has 5 rings (SSSR count). The summed E-state index contributed by atoms with van der Waals surface area (Å²) < 4.78 is 0.972. The third kappa shape index (κ3) is 4.07. The van der Waals surface area contributed by atoms with Gasteiger partial charge in [0.15, 0.2) is 0 Å². The molecule has 2 heterocycles. The molecule has 0 radical (unpaired) electrons. The number of carbonyl (C=O) groups is 1. The van der Waals surface area contributed by atoms with Crippen molar-refractivity contribution in [1.82, 2.24) is 9.99 Å². The van der Waals surface area contributed by atoms with E-state index in [0.29, 0.717) is 11.4 Å². The highest BCUT2D eigenvalue weighted by Crippen LogP contribution is 2.40. The molecule has 1 aliphatic heterocycles. The van der Waals surface area contributed by atoms with E-state index in [-0.39, 0.29) is 11.9 Å². The molecular formula is C27H21BrClN3O. The van der Waals surface area contributed by atoms with Crippen molar-refractivity contribution in [2.75, 3.05) is 0 Å². The number of benzene rings is 3. The van der Waals surface area contributed by atoms with Gasteiger partial charge in [0.25, 0.3) is 0 Å². The van der Waals surface area contributed by atoms with Gasteiger partial charge >= 0.3 is 0 Å². The van der Waals surface area contributed by atoms with Crippen LogP contribution in [0.4, 0.5) is 0 Å². The Morgan fingerprint density at radius 2 is 1.82 bits per heavy atom. The van der Waals surface area contributed by atoms with Crippen molar-refractivity contribution in [1.29, 1.82) is 0 Å². The van der Waals surface area contributed by atoms with Crippen LogP contribution in [0.25, 0.3) is 22.0 Å². The third-order valence-electron chi connectivity index (χ3n) is 5.95. The second-order valence-corrected chi connectivity index (χ2v) is 9.51. The minimum atomic E-state index is -0.173. The van der Waals surface area contributed by atoms with Crippen LogP contribution in [-0.4, -0.2) is 21.6 Å². The van der Waals surface area contributed by atoms with E-state index < -0.39 is 0 Å². The maximum atomic E-state index is 12.6. The zero-order valence-corrected chi connectivity index (χ0v) is 20.6. The van der Waals surface area contributed by atoms with Crippen molar-refractivity contribution in [3.63, 3.8) is 0 Å². The van der Waals surface area contributed by atoms with Crippen LogP contribution in [0.2, 0.25) is 5.02 Å². The number of aromatic nitrogens is 1. The molecule has 1 atom stereocenters. The molecule has 0 saturated carbocycles. The van der Waals surface area contributed by atoms with Crippen molar-refractivity contribution in [3.8, 4) is 11.1 Å². The van der Waals surface area contributed by atoms with E-state index in [0.717, 1.165) is 49.0 Å². The van der Waals surface area contributed by atoms with Crippen molar-refractivity contribution in [2.24, 2.45) is 5.10 Å². The standard InChI is InChI=1S/C27H21BrClN3O/c1-16-26(24-15-25(32(31-24)17(2)33)19-9-6-10-20(28)13-19)27(18-7-4-3-5-8-18)22-14-21(29)11-12-23(22)30-16/h3-14,25H,15H2,1-2H3/t25-/m0/s1. The molecule has 1 amide bonds. The molecule has 1 aromatic heterocycles. The third-order valence-corrected chi connectivity index (χ3v) is 6.67. The number of nitrogens with zero attached hydrogens (tertiary/aromatic N) is 3. The van der Waals surface area contributed by atoms with Crippen molar-refractivity contribution >= 4 is 50.1 Å². The van der Waals surface area contributed by atoms with Crippen LogP contribution in [0.1, 0.15) is 36.2 Å². The van der Waals surface area contributed by atoms with Crippen LogP contribution in [0.3, 0.4) is 0 Å². The molecule has 0 saturated heterocycles. The van der Waals surface area contributed by atoms with Crippen LogP contribution in [0, 0.1) is 6.92 Å². The van der Waals surface area contributed by atoms with Gasteiger partial charge in [0.1, 0.15) is 0 Å². The summed E-state index contributed by atoms with van der Waals surface area (Å²) in [6.45, 7) is 3.56. The average Bonchev–Trinajstić information content (AvgIpc) is 3.24. The summed E-state index contributed by atoms with van der Waals surface area (Å²) in [7, 11) is 0. The largest absolute Gasteiger partial charge is 0.273 e. The number of rotatable bonds is 3. The first kappa shape index (κ1) is 21.8. The van der Waals surface area contributed by atoms with Crippen LogP contribution in [0.5, 0.6) is 0 Å². The number of fused-ring (bicyclic) bond motifs is 1. The highest BCUT2D eigenvalue weighted by molar-refractivity contribution is 9.10. The van der Waals surface area contributed by atoms with E-state index >= 15 is 0 Å². The maximum Gasteiger partial charge on any atom is 0.240 e. The average molecular weight is 519 g/mol. The van der Waals surface area contributed by atoms with Gasteiger partial charge in [-0.15, -0.1) is 0 Å². The first-order valence-corrected chi connectivity index (χ1v) is 11.9. The number of carbonyl (C=O) groups excluding carboxylic acids is 1. The summed E-state index contributed by atoms with van der Waals surface area (Å²) in [5, 5.41) is 8.05. The molecule has 164 valence electrons. The Hall–Kier alpha value is -3.02. The minimum Gasteiger partial charge on any atom is -0.273 e. The summed E-state index contributed by atoms with van der Waals surface area (Å²) in [5.74, 6) is -0.0920. The van der Waals surface area contributed by atoms with Crippen LogP contribution >= 0.6 is 27.5 Å². The van der Waals surface area contributed by atoms with Crippen LogP contribution in [-0.2, 0) is 4.79 Å². The number of hydrogen-bond acceptors (Lipinski definition) is 3. The van der Waals surface area contributed by atoms with E-state index in [1.807, 2.05) is 67.6 Å². The molecule has 0 fully saturated rings. The first-order valence-electron chi connectivity index (χ1n) is 10.7. The normalized spacial score (nSPS) is 15.7. The topological polar surface area (TPSA) is 45.6 Å². The number of hydrazone groups is 1. The fourth-order valence-corrected chi connectivity index (χ4v) is 5.13. The minimum absolute atomic E-state index is 0.0920. The summed E-state index contributed by atoms with van der Waals surface area (Å²) in [4.78, 5) is 17.4. The number of aryl methyl sites for hydroxylation is 1. The molecular weight excluding hydrogens is 498 g/mol. The predicted octanol–water partition coefficient (Wildman–Crippen LogP) is 7.32. The van der Waals surface area contributed by atoms with Gasteiger partial charge in [0.05, 0.1) is 17.3 Å². The summed E-state index contributed by atoms with van der Waals surface area (Å²) in [6.07, 6.45) is 0.602. The Bertz CT molecular complexity index is 1420. The number of pyridine rings is 1. The van der Waals surface area contributed by atoms with Crippen molar-refractivity contribution in [3.05, 3.63) is 99.1 Å². The van der Waals surface area contributed by atoms with E-state index in [4.69, 9.17) is 21.7 Å². The molecule has 4 aromatic rings. The molecule has 1 aliphatic rings. The Balaban J connectivity index is 1.74. The van der Waals surface area contributed by atoms with Gasteiger partial charge in [0, 0.05) is 45.0 Å². The van der Waals surface area contributed by atoms with Crippen LogP contribution in [0.15, 0.2) is 82.4 Å². The Morgan fingerprint density at radius 1 is 1.03 bits per heavy atom. The molecule has 0 spiro atoms. The van der Waals surface area contributed by atoms with E-state index in [9.17, 15) is 4.79 Å². The van der Waals surface area contributed by atoms with Gasteiger partial charge in [-0.1, -0.05) is 70.0 Å². The Kier molecular flexibility index (Phi) is 5.77. The maximum absolute atomic E-state index is 12.6. The predicted molar refractivity (Wildman–Crippen MR) is 137 cm³/mol. The van der Waals surface area contributed by atoms with Crippen LogP contribution < -0.4 is 0 Å². The molecule has 4 nitrogen and oxygen atoms in total. The second kappa shape index (κ2) is 8.73. The lowest BCUT2D eigenvalue weighted by Crippen LogP contribution is -2.24. The second-order valence-electron chi connectivity index (χ2n) is 8.16. The monoisotopic (exact) mass is 517 g/mol. The van der Waals surface area contributed by atoms with Gasteiger partial charge in [-0.25, -0.2) is 5.01 Å². The quantitative estimate of drug-likeness (QED) is 0.285. The lowest BCUT2D eigenvalue weighted by atomic mass is 9.89. The van der Waals surface area contributed by atoms with Gasteiger partial charge in [-0.05, 0) is 48.4 Å². The molecule has 0 unspecified atom stereocenters. The summed E-state index contributed by atoms with van der Waals surface area (Å²) in [6, 6.07) is 23.8. The Labute approximate surface area is 206 Å². The smallest absolute Gasteiger partial charge is 0.240 e. The molecule has 6 heteroatoms. The molecule has 3 aromatic carbocycles. The van der Waals surface area contributed by atoms with Crippen molar-refractivity contribution in [2.45, 2.75) is 26.3 Å². The van der Waals surface area contributed by atoms with Gasteiger partial charge in [-0.2, -0.15) is 5.10 Å². The van der Waals surface area contributed by atoms with Gasteiger partial charge < -0.3 is 0 Å². The van der Waals surface area contributed by atoms with E-state index in [2.05, 4.69) is 28.1 Å². The SMILES string of the molecule is CC(=O)N1N=C(c2c(C)nc3ccc(Cl)cc3c2-c2ccccc2)C[C@H]1c1cccc(Br)c1.